The van der Waals surface area contributed by atoms with Gasteiger partial charge < -0.3 is 37.6 Å². The zero-order chi connectivity index (χ0) is 59.5. The zero-order valence-electron chi connectivity index (χ0n) is 47.0. The molecule has 2 aromatic carbocycles. The Morgan fingerprint density at radius 1 is 0.549 bits per heavy atom. The summed E-state index contributed by atoms with van der Waals surface area (Å²) in [4.78, 5) is 38.3. The molecule has 0 radical (unpaired) electrons. The highest BCUT2D eigenvalue weighted by atomic mass is 35.5. The van der Waals surface area contributed by atoms with E-state index in [1.807, 2.05) is 27.7 Å². The maximum atomic E-state index is 13.8. The van der Waals surface area contributed by atoms with E-state index < -0.39 is 41.7 Å². The van der Waals surface area contributed by atoms with E-state index in [0.717, 1.165) is 0 Å². The number of furan rings is 2. The number of carbonyl (C=O) groups excluding carboxylic acids is 2. The summed E-state index contributed by atoms with van der Waals surface area (Å²) < 4.78 is 91.7. The van der Waals surface area contributed by atoms with Crippen LogP contribution in [-0.2, 0) is 44.0 Å². The van der Waals surface area contributed by atoms with Gasteiger partial charge >= 0.3 is 0 Å². The van der Waals surface area contributed by atoms with Crippen molar-refractivity contribution in [2.75, 3.05) is 54.6 Å². The third-order valence-electron chi connectivity index (χ3n) is 13.5. The lowest BCUT2D eigenvalue weighted by Gasteiger charge is -2.21. The lowest BCUT2D eigenvalue weighted by molar-refractivity contribution is 0.0763. The van der Waals surface area contributed by atoms with Crippen LogP contribution in [0.3, 0.4) is 0 Å². The van der Waals surface area contributed by atoms with Gasteiger partial charge in [0.2, 0.25) is 11.6 Å². The van der Waals surface area contributed by atoms with Gasteiger partial charge in [0.25, 0.3) is 11.8 Å². The number of aromatic nitrogens is 8. The third-order valence-corrected chi connectivity index (χ3v) is 18.0. The van der Waals surface area contributed by atoms with E-state index in [9.17, 15) is 26.4 Å². The second kappa shape index (κ2) is 27.3. The molecule has 2 atom stereocenters. The molecule has 6 aromatic heterocycles. The standard InChI is InChI=1S/2C28H32ClN5O6S/c2*1-6-33(7-2)28(35)20-15-19(29)16-30-21(20)14-18(3)41(36,37)17-25-31-32-27(24-12-9-13-40-24)34(25)26-22(38-4)10-8-11-23(26)39-5/h2*8-13,15-16,18H,6-7,14,17H2,1-5H3/t2*18-/m10/s1. The van der Waals surface area contributed by atoms with E-state index in [2.05, 4.69) is 30.4 Å². The second-order valence-corrected chi connectivity index (χ2v) is 24.1. The van der Waals surface area contributed by atoms with Crippen LogP contribution in [0, 0.1) is 0 Å². The van der Waals surface area contributed by atoms with Crippen LogP contribution in [-0.4, -0.2) is 143 Å². The molecular weight excluding hydrogens is 1140 g/mol. The minimum atomic E-state index is -3.85. The lowest BCUT2D eigenvalue weighted by atomic mass is 10.1. The summed E-state index contributed by atoms with van der Waals surface area (Å²) in [6.45, 7) is 12.6. The number of hydrogen-bond donors (Lipinski definition) is 0. The van der Waals surface area contributed by atoms with Gasteiger partial charge in [-0.05, 0) is 102 Å². The van der Waals surface area contributed by atoms with Crippen LogP contribution in [0.15, 0.2) is 107 Å². The molecule has 8 aromatic rings. The predicted octanol–water partition coefficient (Wildman–Crippen LogP) is 9.24. The Bertz CT molecular complexity index is 3430. The van der Waals surface area contributed by atoms with E-state index in [-0.39, 0.29) is 59.1 Å². The molecule has 82 heavy (non-hydrogen) atoms. The van der Waals surface area contributed by atoms with Crippen LogP contribution in [0.5, 0.6) is 23.0 Å². The highest BCUT2D eigenvalue weighted by Gasteiger charge is 2.33. The molecule has 0 saturated carbocycles. The summed E-state index contributed by atoms with van der Waals surface area (Å²) in [6, 6.07) is 20.3. The fourth-order valence-corrected chi connectivity index (χ4v) is 11.8. The van der Waals surface area contributed by atoms with E-state index in [1.165, 1.54) is 65.5 Å². The lowest BCUT2D eigenvalue weighted by Crippen LogP contribution is -2.32. The quantitative estimate of drug-likeness (QED) is 0.0546. The minimum absolute atomic E-state index is 0.000991. The Kier molecular flexibility index (Phi) is 20.6. The smallest absolute Gasteiger partial charge is 0.255 e. The summed E-state index contributed by atoms with van der Waals surface area (Å²) in [6.07, 6.45) is 5.80. The Hall–Kier alpha value is -7.80. The topological polar surface area (TPSA) is 259 Å². The van der Waals surface area contributed by atoms with Crippen molar-refractivity contribution in [3.63, 3.8) is 0 Å². The summed E-state index contributed by atoms with van der Waals surface area (Å²) in [5.41, 5.74) is 2.13. The van der Waals surface area contributed by atoms with Crippen LogP contribution in [0.1, 0.15) is 85.3 Å². The number of sulfone groups is 2. The number of methoxy groups -OCH3 is 4. The average molecular weight is 1200 g/mol. The van der Waals surface area contributed by atoms with Crippen molar-refractivity contribution >= 4 is 54.7 Å². The number of nitrogens with zero attached hydrogens (tertiary/aromatic N) is 10. The third kappa shape index (κ3) is 13.6. The van der Waals surface area contributed by atoms with Crippen LogP contribution in [0.2, 0.25) is 10.0 Å². The Balaban J connectivity index is 0.000000236. The molecule has 0 aliphatic carbocycles. The van der Waals surface area contributed by atoms with Crippen molar-refractivity contribution < 1.29 is 54.2 Å². The van der Waals surface area contributed by atoms with Gasteiger partial charge in [-0.3, -0.25) is 28.7 Å². The van der Waals surface area contributed by atoms with E-state index in [0.29, 0.717) is 93.5 Å². The van der Waals surface area contributed by atoms with Gasteiger partial charge in [0.1, 0.15) is 45.9 Å². The van der Waals surface area contributed by atoms with Crippen LogP contribution in [0.25, 0.3) is 34.5 Å². The number of para-hydroxylation sites is 2. The maximum absolute atomic E-state index is 13.8. The van der Waals surface area contributed by atoms with Crippen molar-refractivity contribution in [1.82, 2.24) is 49.3 Å². The first-order valence-corrected chi connectivity index (χ1v) is 30.2. The van der Waals surface area contributed by atoms with Gasteiger partial charge in [-0.25, -0.2) is 16.8 Å². The van der Waals surface area contributed by atoms with Crippen LogP contribution < -0.4 is 18.9 Å². The molecule has 8 rings (SSSR count). The minimum Gasteiger partial charge on any atom is -0.494 e. The largest absolute Gasteiger partial charge is 0.494 e. The van der Waals surface area contributed by atoms with Gasteiger partial charge in [-0.1, -0.05) is 35.3 Å². The second-order valence-electron chi connectivity index (χ2n) is 18.4. The zero-order valence-corrected chi connectivity index (χ0v) is 50.1. The predicted molar refractivity (Wildman–Crippen MR) is 309 cm³/mol. The number of benzene rings is 2. The molecule has 0 saturated heterocycles. The van der Waals surface area contributed by atoms with E-state index in [1.54, 1.807) is 93.4 Å². The molecule has 0 spiro atoms. The molecule has 436 valence electrons. The maximum Gasteiger partial charge on any atom is 0.255 e. The normalized spacial score (nSPS) is 12.2. The average Bonchev–Trinajstić information content (AvgIpc) is 4.51. The molecule has 0 aliphatic rings. The SMILES string of the molecule is CCN(CC)C(=O)c1cc(Cl)cnc1C[C@@H](C)S(=O)(=O)Cc1nnc(-c2ccco2)n1-c1c(OC)cccc1OC.CCN(CC)C(=O)c1cc(Cl)cnc1C[C@H](C)S(=O)(=O)Cc1nnc(-c2ccco2)n1-c1c(OC)cccc1OC. The number of ether oxygens (including phenoxy) is 4. The fourth-order valence-electron chi connectivity index (χ4n) is 8.96. The molecule has 0 unspecified atom stereocenters. The molecule has 0 fully saturated rings. The first kappa shape index (κ1) is 61.8. The molecule has 26 heteroatoms. The Labute approximate surface area is 486 Å². The summed E-state index contributed by atoms with van der Waals surface area (Å²) in [5.74, 6) is 1.86. The monoisotopic (exact) mass is 1200 g/mol. The highest BCUT2D eigenvalue weighted by molar-refractivity contribution is 7.91. The Morgan fingerprint density at radius 2 is 0.890 bits per heavy atom. The van der Waals surface area contributed by atoms with Crippen LogP contribution in [0.4, 0.5) is 0 Å². The van der Waals surface area contributed by atoms with E-state index in [4.69, 9.17) is 51.0 Å². The molecular formula is C56H64Cl2N10O12S2. The van der Waals surface area contributed by atoms with Gasteiger partial charge in [0, 0.05) is 51.4 Å². The van der Waals surface area contributed by atoms with Crippen molar-refractivity contribution in [3.8, 4) is 57.5 Å². The molecule has 0 aliphatic heterocycles. The summed E-state index contributed by atoms with van der Waals surface area (Å²) in [7, 11) is -1.69. The molecule has 6 heterocycles. The number of hydrogen-bond acceptors (Lipinski definition) is 18. The van der Waals surface area contributed by atoms with Gasteiger partial charge in [-0.2, -0.15) is 0 Å². The van der Waals surface area contributed by atoms with Gasteiger partial charge in [0.15, 0.2) is 42.8 Å². The van der Waals surface area contributed by atoms with Gasteiger partial charge in [-0.15, -0.1) is 20.4 Å². The molecule has 22 nitrogen and oxygen atoms in total. The number of rotatable bonds is 24. The van der Waals surface area contributed by atoms with Crippen LogP contribution >= 0.6 is 23.2 Å². The molecule has 0 N–H and O–H groups in total. The number of amides is 2. The summed E-state index contributed by atoms with van der Waals surface area (Å²) in [5, 5.41) is 15.8. The number of halogens is 2. The van der Waals surface area contributed by atoms with Crippen molar-refractivity contribution in [1.29, 1.82) is 0 Å². The van der Waals surface area contributed by atoms with Crippen molar-refractivity contribution in [3.05, 3.63) is 142 Å². The number of carbonyl (C=O) groups is 2. The first-order chi connectivity index (χ1) is 39.3. The highest BCUT2D eigenvalue weighted by Crippen LogP contribution is 2.39. The fraction of sp³-hybridized carbons (Fsp3) is 0.357. The first-order valence-electron chi connectivity index (χ1n) is 26.0. The number of pyridine rings is 2. The van der Waals surface area contributed by atoms with Crippen molar-refractivity contribution in [2.45, 2.75) is 76.4 Å². The van der Waals surface area contributed by atoms with E-state index >= 15 is 0 Å². The molecule has 2 amide bonds. The molecule has 0 bridgehead atoms. The van der Waals surface area contributed by atoms with Gasteiger partial charge in [0.05, 0.1) is 84.0 Å². The summed E-state index contributed by atoms with van der Waals surface area (Å²) >= 11 is 12.3. The van der Waals surface area contributed by atoms with Crippen molar-refractivity contribution in [2.24, 2.45) is 0 Å². The Morgan fingerprint density at radius 3 is 1.18 bits per heavy atom.